The molecule has 4 aromatic carbocycles. The Hall–Kier alpha value is -4.48. The van der Waals surface area contributed by atoms with Crippen molar-refractivity contribution in [2.24, 2.45) is 5.41 Å². The molecule has 2 heterocycles. The van der Waals surface area contributed by atoms with Crippen molar-refractivity contribution in [3.63, 3.8) is 0 Å². The van der Waals surface area contributed by atoms with Crippen LogP contribution >= 0.6 is 11.6 Å². The highest BCUT2D eigenvalue weighted by atomic mass is 35.5. The van der Waals surface area contributed by atoms with Crippen LogP contribution in [0.25, 0.3) is 6.08 Å². The number of anilines is 1. The van der Waals surface area contributed by atoms with E-state index in [1.165, 1.54) is 0 Å². The highest BCUT2D eigenvalue weighted by Gasteiger charge is 2.71. The topological polar surface area (TPSA) is 63.7 Å². The molecule has 0 amide bonds. The third-order valence-electron chi connectivity index (χ3n) is 8.65. The SMILES string of the molecule is CCOc1ccccc1C1C(C(=O)c2ccccc2)N2c3ccc(Cl)cc3C=CC2C12C(=O)c1ccccc1C2=O. The number of hydrogen-bond acceptors (Lipinski definition) is 5. The van der Waals surface area contributed by atoms with Crippen LogP contribution in [-0.4, -0.2) is 36.0 Å². The van der Waals surface area contributed by atoms with Crippen molar-refractivity contribution >= 4 is 40.7 Å². The molecule has 1 spiro atoms. The van der Waals surface area contributed by atoms with Gasteiger partial charge in [-0.2, -0.15) is 0 Å². The van der Waals surface area contributed by atoms with E-state index in [0.29, 0.717) is 39.6 Å². The van der Waals surface area contributed by atoms with Crippen molar-refractivity contribution in [1.29, 1.82) is 0 Å². The molecule has 3 unspecified atom stereocenters. The molecule has 0 N–H and O–H groups in total. The van der Waals surface area contributed by atoms with E-state index in [9.17, 15) is 14.4 Å². The number of para-hydroxylation sites is 1. The van der Waals surface area contributed by atoms with Gasteiger partial charge in [-0.25, -0.2) is 0 Å². The number of halogens is 1. The van der Waals surface area contributed by atoms with Crippen molar-refractivity contribution in [2.75, 3.05) is 11.5 Å². The molecule has 1 saturated heterocycles. The predicted molar refractivity (Wildman–Crippen MR) is 159 cm³/mol. The first-order valence-electron chi connectivity index (χ1n) is 13.7. The van der Waals surface area contributed by atoms with E-state index in [2.05, 4.69) is 0 Å². The molecule has 7 rings (SSSR count). The fourth-order valence-corrected chi connectivity index (χ4v) is 7.27. The summed E-state index contributed by atoms with van der Waals surface area (Å²) in [5, 5.41) is 0.561. The number of carbonyl (C=O) groups is 3. The van der Waals surface area contributed by atoms with Gasteiger partial charge in [0.2, 0.25) is 0 Å². The fraction of sp³-hybridized carbons (Fsp3) is 0.171. The minimum Gasteiger partial charge on any atom is -0.494 e. The average Bonchev–Trinajstić information content (AvgIpc) is 3.43. The van der Waals surface area contributed by atoms with Gasteiger partial charge in [-0.15, -0.1) is 0 Å². The largest absolute Gasteiger partial charge is 0.494 e. The number of rotatable bonds is 5. The Labute approximate surface area is 243 Å². The number of ketones is 3. The van der Waals surface area contributed by atoms with Crippen LogP contribution in [-0.2, 0) is 0 Å². The lowest BCUT2D eigenvalue weighted by Gasteiger charge is -2.37. The number of Topliss-reactive ketones (excluding diaryl/α,β-unsaturated/α-hetero) is 3. The Balaban J connectivity index is 1.57. The summed E-state index contributed by atoms with van der Waals surface area (Å²) in [6, 6.07) is 27.4. The van der Waals surface area contributed by atoms with Crippen LogP contribution in [0.15, 0.2) is 103 Å². The molecular formula is C35H26ClNO4. The monoisotopic (exact) mass is 559 g/mol. The summed E-state index contributed by atoms with van der Waals surface area (Å²) in [6.45, 7) is 2.28. The third kappa shape index (κ3) is 3.52. The van der Waals surface area contributed by atoms with Crippen LogP contribution in [0.5, 0.6) is 5.75 Å². The lowest BCUT2D eigenvalue weighted by atomic mass is 9.64. The fourth-order valence-electron chi connectivity index (χ4n) is 7.09. The van der Waals surface area contributed by atoms with Gasteiger partial charge in [0.25, 0.3) is 0 Å². The van der Waals surface area contributed by atoms with Crippen molar-refractivity contribution in [2.45, 2.75) is 24.9 Å². The number of fused-ring (bicyclic) bond motifs is 5. The third-order valence-corrected chi connectivity index (χ3v) is 8.88. The van der Waals surface area contributed by atoms with E-state index in [1.807, 2.05) is 78.6 Å². The van der Waals surface area contributed by atoms with Gasteiger partial charge in [0.1, 0.15) is 17.2 Å². The number of benzene rings is 4. The van der Waals surface area contributed by atoms with E-state index in [4.69, 9.17) is 16.3 Å². The van der Waals surface area contributed by atoms with Crippen molar-refractivity contribution < 1.29 is 19.1 Å². The Kier molecular flexibility index (Phi) is 5.95. The second-order valence-electron chi connectivity index (χ2n) is 10.6. The van der Waals surface area contributed by atoms with Gasteiger partial charge in [-0.3, -0.25) is 14.4 Å². The summed E-state index contributed by atoms with van der Waals surface area (Å²) in [4.78, 5) is 46.2. The van der Waals surface area contributed by atoms with E-state index < -0.39 is 23.4 Å². The number of hydrogen-bond donors (Lipinski definition) is 0. The lowest BCUT2D eigenvalue weighted by Crippen LogP contribution is -2.48. The molecule has 3 aliphatic rings. The summed E-state index contributed by atoms with van der Waals surface area (Å²) in [6.07, 6.45) is 3.81. The Morgan fingerprint density at radius 2 is 1.54 bits per heavy atom. The van der Waals surface area contributed by atoms with Gasteiger partial charge < -0.3 is 9.64 Å². The quantitative estimate of drug-likeness (QED) is 0.193. The summed E-state index contributed by atoms with van der Waals surface area (Å²) < 4.78 is 6.08. The second-order valence-corrected chi connectivity index (χ2v) is 11.0. The Morgan fingerprint density at radius 1 is 0.878 bits per heavy atom. The first-order chi connectivity index (χ1) is 20.0. The maximum absolute atomic E-state index is 14.8. The van der Waals surface area contributed by atoms with Gasteiger partial charge in [-0.05, 0) is 36.8 Å². The zero-order valence-electron chi connectivity index (χ0n) is 22.3. The van der Waals surface area contributed by atoms with Crippen LogP contribution < -0.4 is 9.64 Å². The minimum absolute atomic E-state index is 0.170. The van der Waals surface area contributed by atoms with Crippen LogP contribution in [0.2, 0.25) is 5.02 Å². The number of carbonyl (C=O) groups excluding carboxylic acids is 3. The van der Waals surface area contributed by atoms with E-state index in [-0.39, 0.29) is 17.3 Å². The molecule has 0 bridgehead atoms. The molecule has 41 heavy (non-hydrogen) atoms. The predicted octanol–water partition coefficient (Wildman–Crippen LogP) is 7.06. The number of nitrogens with zero attached hydrogens (tertiary/aromatic N) is 1. The number of ether oxygens (including phenoxy) is 1. The molecule has 0 saturated carbocycles. The maximum Gasteiger partial charge on any atom is 0.185 e. The summed E-state index contributed by atoms with van der Waals surface area (Å²) in [7, 11) is 0. The molecule has 202 valence electrons. The van der Waals surface area contributed by atoms with Crippen LogP contribution in [0.1, 0.15) is 55.0 Å². The molecule has 6 heteroatoms. The summed E-state index contributed by atoms with van der Waals surface area (Å²) >= 11 is 6.38. The van der Waals surface area contributed by atoms with Crippen molar-refractivity contribution in [3.05, 3.63) is 136 Å². The van der Waals surface area contributed by atoms with Gasteiger partial charge in [0, 0.05) is 38.9 Å². The van der Waals surface area contributed by atoms with Crippen molar-refractivity contribution in [1.82, 2.24) is 0 Å². The lowest BCUT2D eigenvalue weighted by molar-refractivity contribution is 0.0664. The standard InChI is InChI=1S/C35H26ClNO4/c1-2-41-28-15-9-8-14-26(28)30-31(32(38)21-10-4-3-5-11-21)37-27-18-17-23(36)20-22(27)16-19-29(37)35(30)33(39)24-12-6-7-13-25(24)34(35)40/h3-20,29-31H,2H2,1H3. The molecule has 0 radical (unpaired) electrons. The van der Waals surface area contributed by atoms with E-state index >= 15 is 0 Å². The normalized spacial score (nSPS) is 21.5. The molecule has 4 aromatic rings. The van der Waals surface area contributed by atoms with Gasteiger partial charge in [0.15, 0.2) is 17.3 Å². The second kappa shape index (κ2) is 9.57. The Morgan fingerprint density at radius 3 is 2.24 bits per heavy atom. The van der Waals surface area contributed by atoms with Gasteiger partial charge >= 0.3 is 0 Å². The highest BCUT2D eigenvalue weighted by molar-refractivity contribution is 6.32. The molecule has 1 aliphatic carbocycles. The first-order valence-corrected chi connectivity index (χ1v) is 14.1. The first kappa shape index (κ1) is 25.5. The van der Waals surface area contributed by atoms with Crippen LogP contribution in [0.3, 0.4) is 0 Å². The smallest absolute Gasteiger partial charge is 0.185 e. The van der Waals surface area contributed by atoms with E-state index in [0.717, 1.165) is 11.3 Å². The van der Waals surface area contributed by atoms with Gasteiger partial charge in [0.05, 0.1) is 12.6 Å². The van der Waals surface area contributed by atoms with Crippen LogP contribution in [0.4, 0.5) is 5.69 Å². The molecule has 5 nitrogen and oxygen atoms in total. The van der Waals surface area contributed by atoms with Crippen LogP contribution in [0, 0.1) is 5.41 Å². The molecule has 2 aliphatic heterocycles. The molecule has 3 atom stereocenters. The van der Waals surface area contributed by atoms with E-state index in [1.54, 1.807) is 42.5 Å². The average molecular weight is 560 g/mol. The van der Waals surface area contributed by atoms with Gasteiger partial charge in [-0.1, -0.05) is 96.5 Å². The summed E-state index contributed by atoms with van der Waals surface area (Å²) in [5.41, 5.74) is 1.94. The molecule has 0 aromatic heterocycles. The highest BCUT2D eigenvalue weighted by Crippen LogP contribution is 2.62. The maximum atomic E-state index is 14.8. The van der Waals surface area contributed by atoms with Crippen molar-refractivity contribution in [3.8, 4) is 5.75 Å². The minimum atomic E-state index is -1.58. The zero-order valence-corrected chi connectivity index (χ0v) is 23.0. The summed E-state index contributed by atoms with van der Waals surface area (Å²) in [5.74, 6) is -0.982. The molecular weight excluding hydrogens is 534 g/mol. The zero-order chi connectivity index (χ0) is 28.3. The molecule has 1 fully saturated rings. The Bertz CT molecular complexity index is 1730.